The zero-order valence-electron chi connectivity index (χ0n) is 25.1. The number of nitrogens with one attached hydrogen (secondary N) is 1. The predicted molar refractivity (Wildman–Crippen MR) is 181 cm³/mol. The molecule has 1 fully saturated rings. The van der Waals surface area contributed by atoms with Crippen molar-refractivity contribution in [2.24, 2.45) is 5.16 Å². The summed E-state index contributed by atoms with van der Waals surface area (Å²) in [5.74, 6) is -6.16. The average Bonchev–Trinajstić information content (AvgIpc) is 3.72. The van der Waals surface area contributed by atoms with Gasteiger partial charge in [0.15, 0.2) is 16.6 Å². The van der Waals surface area contributed by atoms with Crippen molar-refractivity contribution in [3.8, 4) is 11.5 Å². The molecule has 0 aliphatic carbocycles. The van der Waals surface area contributed by atoms with Gasteiger partial charge >= 0.3 is 17.5 Å². The summed E-state index contributed by atoms with van der Waals surface area (Å²) in [4.78, 5) is 61.5. The number of imidazole rings is 1. The van der Waals surface area contributed by atoms with Gasteiger partial charge in [0.05, 0.1) is 11.2 Å². The molecule has 0 bridgehead atoms. The highest BCUT2D eigenvalue weighted by atomic mass is 35.5. The van der Waals surface area contributed by atoms with Crippen molar-refractivity contribution in [1.29, 1.82) is 0 Å². The zero-order valence-corrected chi connectivity index (χ0v) is 28.3. The minimum absolute atomic E-state index is 0.0683. The fraction of sp³-hybridized carbons (Fsp3) is 0.167. The second-order valence-electron chi connectivity index (χ2n) is 10.7. The minimum Gasteiger partial charge on any atom is -0.504 e. The summed E-state index contributed by atoms with van der Waals surface area (Å²) in [5, 5.41) is 45.7. The second-order valence-corrected chi connectivity index (χ2v) is 13.4. The van der Waals surface area contributed by atoms with Gasteiger partial charge < -0.3 is 36.3 Å². The van der Waals surface area contributed by atoms with Gasteiger partial charge in [-0.1, -0.05) is 40.5 Å². The first-order valence-electron chi connectivity index (χ1n) is 14.2. The van der Waals surface area contributed by atoms with Crippen LogP contribution in [0.4, 0.5) is 5.13 Å². The van der Waals surface area contributed by atoms with Crippen LogP contribution in [-0.2, 0) is 36.2 Å². The lowest BCUT2D eigenvalue weighted by molar-refractivity contribution is -0.510. The van der Waals surface area contributed by atoms with E-state index in [2.05, 4.69) is 15.5 Å². The summed E-state index contributed by atoms with van der Waals surface area (Å²) in [6.45, 7) is 0.450. The topological polar surface area (TPSA) is 234 Å². The molecular formula is C30H24Cl2N7O9S2+. The number of amides is 2. The van der Waals surface area contributed by atoms with Crippen LogP contribution in [0.25, 0.3) is 5.65 Å². The number of allylic oxidation sites excluding steroid dienone is 2. The number of rotatable bonds is 11. The van der Waals surface area contributed by atoms with Crippen molar-refractivity contribution in [3.63, 3.8) is 0 Å². The SMILES string of the molecule is Nc1nc(C(ON=CC(=O)N[C@H]2C(=O)N3C(C(=O)O)=C(/C=C\Cn4cc[n+]5ccccc45)CSC23)(C(=O)O)c2cc(O)c(O)c(Cl)c2Cl)cs1. The number of β-lactam (4-membered cyclic amide) rings is 1. The summed E-state index contributed by atoms with van der Waals surface area (Å²) in [5.41, 5.74) is 3.29. The van der Waals surface area contributed by atoms with Crippen molar-refractivity contribution in [2.45, 2.75) is 23.6 Å². The monoisotopic (exact) mass is 760 g/mol. The molecule has 4 aromatic rings. The number of nitrogens with two attached hydrogens (primary N) is 1. The molecule has 1 aromatic carbocycles. The van der Waals surface area contributed by atoms with E-state index in [4.69, 9.17) is 33.8 Å². The highest BCUT2D eigenvalue weighted by molar-refractivity contribution is 8.00. The maximum Gasteiger partial charge on any atom is 0.362 e. The molecular weight excluding hydrogens is 737 g/mol. The van der Waals surface area contributed by atoms with E-state index in [0.717, 1.165) is 28.0 Å². The Balaban J connectivity index is 1.18. The van der Waals surface area contributed by atoms with Crippen molar-refractivity contribution < 1.29 is 48.8 Å². The predicted octanol–water partition coefficient (Wildman–Crippen LogP) is 2.31. The molecule has 6 rings (SSSR count). The Bertz CT molecular complexity index is 2170. The summed E-state index contributed by atoms with van der Waals surface area (Å²) >= 11 is 14.4. The summed E-state index contributed by atoms with van der Waals surface area (Å²) in [6, 6.07) is 5.39. The molecule has 2 unspecified atom stereocenters. The number of carboxylic acid groups (broad SMARTS) is 2. The zero-order chi connectivity index (χ0) is 35.9. The van der Waals surface area contributed by atoms with Gasteiger partial charge in [-0.15, -0.1) is 23.1 Å². The normalized spacial score (nSPS) is 18.7. The molecule has 0 saturated carbocycles. The summed E-state index contributed by atoms with van der Waals surface area (Å²) in [7, 11) is 0. The lowest BCUT2D eigenvalue weighted by atomic mass is 9.90. The van der Waals surface area contributed by atoms with Gasteiger partial charge in [0.1, 0.15) is 53.0 Å². The number of halogens is 2. The Kier molecular flexibility index (Phi) is 9.36. The van der Waals surface area contributed by atoms with Crippen LogP contribution in [0.2, 0.25) is 10.0 Å². The molecule has 0 radical (unpaired) electrons. The molecule has 50 heavy (non-hydrogen) atoms. The van der Waals surface area contributed by atoms with Crippen LogP contribution in [0.1, 0.15) is 11.3 Å². The number of hydrogen-bond donors (Lipinski definition) is 6. The standard InChI is InChI=1S/C30H23Cl2N7O9S2/c31-20-15(10-16(40)24(42)21(20)32)30(28(46)47,17-13-50-29(33)35-17)48-34-11-18(41)36-22-25(43)39-23(27(44)45)14(12-49-26(22)39)4-3-7-38-9-8-37-6-2-1-5-19(37)38/h1-6,8-11,13,22,26H,7,12H2,(H6-,33,34,35,36,40,41,42,44,45,46,47)/p+1/b4-3-/t22-,26?,30?/m0/s1. The number of benzene rings is 1. The Labute approximate surface area is 299 Å². The Hall–Kier alpha value is -5.30. The third-order valence-corrected chi connectivity index (χ3v) is 10.6. The molecule has 20 heteroatoms. The van der Waals surface area contributed by atoms with Gasteiger partial charge in [-0.05, 0) is 23.8 Å². The minimum atomic E-state index is -2.72. The number of anilines is 1. The second kappa shape index (κ2) is 13.5. The van der Waals surface area contributed by atoms with E-state index >= 15 is 0 Å². The largest absolute Gasteiger partial charge is 0.504 e. The maximum atomic E-state index is 13.1. The summed E-state index contributed by atoms with van der Waals surface area (Å²) in [6.07, 6.45) is 9.69. The van der Waals surface area contributed by atoms with E-state index in [1.807, 2.05) is 45.8 Å². The van der Waals surface area contributed by atoms with Crippen LogP contribution in [0.3, 0.4) is 0 Å². The number of phenolic OH excluding ortho intramolecular Hbond substituents is 2. The number of hydrogen-bond acceptors (Lipinski definition) is 12. The molecule has 3 aromatic heterocycles. The van der Waals surface area contributed by atoms with Gasteiger partial charge in [0.2, 0.25) is 0 Å². The first-order chi connectivity index (χ1) is 23.8. The number of carbonyl (C=O) groups is 4. The number of thioether (sulfide) groups is 1. The van der Waals surface area contributed by atoms with E-state index in [1.54, 1.807) is 12.2 Å². The van der Waals surface area contributed by atoms with Gasteiger partial charge in [-0.3, -0.25) is 14.5 Å². The molecule has 0 spiro atoms. The number of nitrogens with zero attached hydrogens (tertiary/aromatic N) is 5. The van der Waals surface area contributed by atoms with Gasteiger partial charge in [0, 0.05) is 22.8 Å². The third kappa shape index (κ3) is 5.95. The van der Waals surface area contributed by atoms with Crippen LogP contribution in [0, 0.1) is 0 Å². The van der Waals surface area contributed by atoms with Crippen LogP contribution >= 0.6 is 46.3 Å². The number of aromatic nitrogens is 3. The van der Waals surface area contributed by atoms with Crippen molar-refractivity contribution in [1.82, 2.24) is 19.8 Å². The van der Waals surface area contributed by atoms with E-state index in [1.165, 1.54) is 17.1 Å². The quantitative estimate of drug-likeness (QED) is 0.0425. The number of phenols is 2. The van der Waals surface area contributed by atoms with Crippen LogP contribution in [0.15, 0.2) is 76.8 Å². The van der Waals surface area contributed by atoms with Gasteiger partial charge in [0.25, 0.3) is 17.5 Å². The number of pyridine rings is 1. The number of carboxylic acids is 2. The van der Waals surface area contributed by atoms with E-state index in [-0.39, 0.29) is 22.3 Å². The number of thiazole rings is 1. The number of oxime groups is 1. The first kappa shape index (κ1) is 34.6. The maximum absolute atomic E-state index is 13.1. The summed E-state index contributed by atoms with van der Waals surface area (Å²) < 4.78 is 3.90. The molecule has 1 saturated heterocycles. The molecule has 2 aliphatic rings. The lowest BCUT2D eigenvalue weighted by Gasteiger charge is -2.49. The number of fused-ring (bicyclic) bond motifs is 2. The number of carbonyl (C=O) groups excluding carboxylic acids is 2. The highest BCUT2D eigenvalue weighted by Gasteiger charge is 2.54. The Morgan fingerprint density at radius 1 is 1.22 bits per heavy atom. The Morgan fingerprint density at radius 3 is 2.70 bits per heavy atom. The first-order valence-corrected chi connectivity index (χ1v) is 16.9. The van der Waals surface area contributed by atoms with Crippen LogP contribution in [0.5, 0.6) is 11.5 Å². The molecule has 16 nitrogen and oxygen atoms in total. The highest BCUT2D eigenvalue weighted by Crippen LogP contribution is 2.48. The molecule has 258 valence electrons. The van der Waals surface area contributed by atoms with Crippen molar-refractivity contribution in [2.75, 3.05) is 11.5 Å². The third-order valence-electron chi connectivity index (χ3n) is 7.77. The smallest absolute Gasteiger partial charge is 0.362 e. The van der Waals surface area contributed by atoms with E-state index < -0.39 is 67.9 Å². The van der Waals surface area contributed by atoms with Crippen molar-refractivity contribution in [3.05, 3.63) is 93.0 Å². The van der Waals surface area contributed by atoms with Crippen LogP contribution in [-0.4, -0.2) is 82.0 Å². The fourth-order valence-corrected chi connectivity index (χ4v) is 7.83. The lowest BCUT2D eigenvalue weighted by Crippen LogP contribution is -2.70. The number of nitrogen functional groups attached to an aromatic ring is 1. The van der Waals surface area contributed by atoms with Gasteiger partial charge in [-0.2, -0.15) is 0 Å². The molecule has 5 heterocycles. The number of aromatic hydroxyl groups is 2. The van der Waals surface area contributed by atoms with E-state index in [9.17, 15) is 39.6 Å². The van der Waals surface area contributed by atoms with Crippen LogP contribution < -0.4 is 15.5 Å². The average molecular weight is 762 g/mol. The van der Waals surface area contributed by atoms with Crippen molar-refractivity contribution >= 4 is 87.0 Å². The molecule has 3 atom stereocenters. The van der Waals surface area contributed by atoms with Gasteiger partial charge in [-0.25, -0.2) is 23.5 Å². The Morgan fingerprint density at radius 2 is 2.00 bits per heavy atom. The molecule has 7 N–H and O–H groups in total. The fourth-order valence-electron chi connectivity index (χ4n) is 5.43. The number of aliphatic carboxylic acids is 2. The van der Waals surface area contributed by atoms with E-state index in [0.29, 0.717) is 18.3 Å². The molecule has 2 aliphatic heterocycles. The molecule has 2 amide bonds.